The van der Waals surface area contributed by atoms with E-state index in [-0.39, 0.29) is 11.7 Å². The summed E-state index contributed by atoms with van der Waals surface area (Å²) < 4.78 is 40.1. The smallest absolute Gasteiger partial charge is 0.406 e. The van der Waals surface area contributed by atoms with Crippen LogP contribution < -0.4 is 15.8 Å². The summed E-state index contributed by atoms with van der Waals surface area (Å²) in [7, 11) is 0. The molecule has 0 amide bonds. The summed E-state index contributed by atoms with van der Waals surface area (Å²) in [4.78, 5) is 6.72. The third-order valence-corrected chi connectivity index (χ3v) is 3.97. The van der Waals surface area contributed by atoms with Crippen LogP contribution >= 0.6 is 0 Å². The van der Waals surface area contributed by atoms with Crippen molar-refractivity contribution in [2.75, 3.05) is 31.5 Å². The molecule has 8 heteroatoms. The van der Waals surface area contributed by atoms with E-state index in [4.69, 9.17) is 5.73 Å². The van der Waals surface area contributed by atoms with Crippen molar-refractivity contribution in [1.29, 1.82) is 0 Å². The van der Waals surface area contributed by atoms with Gasteiger partial charge < -0.3 is 20.7 Å². The Labute approximate surface area is 146 Å². The third-order valence-electron chi connectivity index (χ3n) is 3.97. The Bertz CT molecular complexity index is 538. The number of benzene rings is 1. The molecule has 1 aliphatic heterocycles. The maximum absolute atomic E-state index is 12.1. The summed E-state index contributed by atoms with van der Waals surface area (Å²) in [6.07, 6.45) is 1.40. The summed E-state index contributed by atoms with van der Waals surface area (Å²) >= 11 is 0. The van der Waals surface area contributed by atoms with Crippen LogP contribution in [0.2, 0.25) is 0 Å². The van der Waals surface area contributed by atoms with Crippen LogP contribution in [-0.4, -0.2) is 43.4 Å². The first-order valence-electron chi connectivity index (χ1n) is 8.57. The zero-order valence-electron chi connectivity index (χ0n) is 14.2. The first-order chi connectivity index (χ1) is 11.9. The Morgan fingerprint density at radius 3 is 2.36 bits per heavy atom. The zero-order chi connectivity index (χ0) is 18.1. The summed E-state index contributed by atoms with van der Waals surface area (Å²) in [5.74, 6) is -0.0219. The van der Waals surface area contributed by atoms with Crippen LogP contribution in [0.15, 0.2) is 29.3 Å². The predicted molar refractivity (Wildman–Crippen MR) is 92.8 cm³/mol. The Morgan fingerprint density at radius 2 is 1.76 bits per heavy atom. The van der Waals surface area contributed by atoms with Crippen molar-refractivity contribution >= 4 is 11.6 Å². The van der Waals surface area contributed by atoms with E-state index in [9.17, 15) is 13.2 Å². The molecule has 1 aromatic rings. The van der Waals surface area contributed by atoms with Gasteiger partial charge in [0.15, 0.2) is 5.96 Å². The summed E-state index contributed by atoms with van der Waals surface area (Å²) in [6, 6.07) is 5.37. The van der Waals surface area contributed by atoms with Gasteiger partial charge in [-0.3, -0.25) is 4.99 Å². The van der Waals surface area contributed by atoms with Crippen molar-refractivity contribution < 1.29 is 17.9 Å². The second-order valence-corrected chi connectivity index (χ2v) is 6.07. The topological polar surface area (TPSA) is 62.9 Å². The van der Waals surface area contributed by atoms with E-state index in [0.717, 1.165) is 26.1 Å². The number of nitrogens with one attached hydrogen (secondary N) is 1. The van der Waals surface area contributed by atoms with E-state index in [1.54, 1.807) is 0 Å². The number of ether oxygens (including phenoxy) is 1. The highest BCUT2D eigenvalue weighted by Crippen LogP contribution is 2.23. The van der Waals surface area contributed by atoms with Crippen molar-refractivity contribution in [3.05, 3.63) is 24.3 Å². The summed E-state index contributed by atoms with van der Waals surface area (Å²) in [5, 5.41) is 2.86. The minimum Gasteiger partial charge on any atom is -0.406 e. The lowest BCUT2D eigenvalue weighted by atomic mass is 10.2. The van der Waals surface area contributed by atoms with E-state index in [1.165, 1.54) is 49.9 Å². The Balaban J connectivity index is 1.71. The monoisotopic (exact) mass is 358 g/mol. The number of likely N-dealkylation sites (tertiary alicyclic amines) is 1. The molecule has 3 N–H and O–H groups in total. The first-order valence-corrected chi connectivity index (χ1v) is 8.57. The van der Waals surface area contributed by atoms with Gasteiger partial charge in [0.1, 0.15) is 5.75 Å². The number of hydrogen-bond acceptors (Lipinski definition) is 3. The number of nitrogens with zero attached hydrogens (tertiary/aromatic N) is 2. The summed E-state index contributed by atoms with van der Waals surface area (Å²) in [5.41, 5.74) is 6.36. The fourth-order valence-electron chi connectivity index (χ4n) is 2.78. The fraction of sp³-hybridized carbons (Fsp3) is 0.588. The number of alkyl halides is 3. The SMILES string of the molecule is NC(=NCCCN1CCCCCC1)Nc1ccc(OC(F)(F)F)cc1. The van der Waals surface area contributed by atoms with Crippen molar-refractivity contribution in [1.82, 2.24) is 4.90 Å². The molecule has 0 bridgehead atoms. The molecule has 0 aromatic heterocycles. The van der Waals surface area contributed by atoms with Gasteiger partial charge in [-0.25, -0.2) is 0 Å². The minimum atomic E-state index is -4.69. The normalized spacial score (nSPS) is 17.2. The maximum atomic E-state index is 12.1. The number of nitrogens with two attached hydrogens (primary N) is 1. The average Bonchev–Trinajstić information content (AvgIpc) is 2.81. The molecule has 5 nitrogen and oxygen atoms in total. The van der Waals surface area contributed by atoms with Crippen LogP contribution in [0.5, 0.6) is 5.75 Å². The average molecular weight is 358 g/mol. The largest absolute Gasteiger partial charge is 0.573 e. The quantitative estimate of drug-likeness (QED) is 0.464. The van der Waals surface area contributed by atoms with Crippen molar-refractivity contribution in [3.63, 3.8) is 0 Å². The molecule has 140 valence electrons. The van der Waals surface area contributed by atoms with E-state index in [0.29, 0.717) is 12.2 Å². The van der Waals surface area contributed by atoms with E-state index < -0.39 is 6.36 Å². The molecule has 25 heavy (non-hydrogen) atoms. The molecule has 1 aromatic carbocycles. The molecule has 0 radical (unpaired) electrons. The first kappa shape index (κ1) is 19.4. The van der Waals surface area contributed by atoms with Gasteiger partial charge in [0.05, 0.1) is 0 Å². The molecule has 1 heterocycles. The molecule has 0 aliphatic carbocycles. The Morgan fingerprint density at radius 1 is 1.12 bits per heavy atom. The molecule has 1 aliphatic rings. The lowest BCUT2D eigenvalue weighted by Crippen LogP contribution is -2.27. The predicted octanol–water partition coefficient (Wildman–Crippen LogP) is 3.58. The third kappa shape index (κ3) is 8.11. The van der Waals surface area contributed by atoms with E-state index >= 15 is 0 Å². The number of aliphatic imine (C=N–C) groups is 1. The van der Waals surface area contributed by atoms with Crippen molar-refractivity contribution in [2.45, 2.75) is 38.5 Å². The maximum Gasteiger partial charge on any atom is 0.573 e. The van der Waals surface area contributed by atoms with Gasteiger partial charge in [0.25, 0.3) is 0 Å². The van der Waals surface area contributed by atoms with Gasteiger partial charge in [0.2, 0.25) is 0 Å². The highest BCUT2D eigenvalue weighted by Gasteiger charge is 2.30. The highest BCUT2D eigenvalue weighted by molar-refractivity contribution is 5.92. The fourth-order valence-corrected chi connectivity index (χ4v) is 2.78. The van der Waals surface area contributed by atoms with Gasteiger partial charge in [-0.1, -0.05) is 12.8 Å². The molecule has 0 unspecified atom stereocenters. The van der Waals surface area contributed by atoms with Crippen molar-refractivity contribution in [3.8, 4) is 5.75 Å². The lowest BCUT2D eigenvalue weighted by molar-refractivity contribution is -0.274. The van der Waals surface area contributed by atoms with Crippen LogP contribution in [0.25, 0.3) is 0 Å². The van der Waals surface area contributed by atoms with Gasteiger partial charge in [-0.2, -0.15) is 0 Å². The van der Waals surface area contributed by atoms with E-state index in [1.807, 2.05) is 0 Å². The number of guanidine groups is 1. The van der Waals surface area contributed by atoms with Crippen LogP contribution in [0.3, 0.4) is 0 Å². The van der Waals surface area contributed by atoms with Gasteiger partial charge in [-0.15, -0.1) is 13.2 Å². The number of rotatable bonds is 6. The Kier molecular flexibility index (Phi) is 7.36. The molecule has 1 saturated heterocycles. The second kappa shape index (κ2) is 9.50. The summed E-state index contributed by atoms with van der Waals surface area (Å²) in [6.45, 7) is 3.94. The number of halogens is 3. The molecular weight excluding hydrogens is 333 g/mol. The van der Waals surface area contributed by atoms with Gasteiger partial charge in [0, 0.05) is 12.2 Å². The standard InChI is InChI=1S/C17H25F3N4O/c18-17(19,20)25-15-8-6-14(7-9-15)23-16(21)22-10-5-13-24-11-3-1-2-4-12-24/h6-9H,1-5,10-13H2,(H3,21,22,23). The number of anilines is 1. The molecular formula is C17H25F3N4O. The Hall–Kier alpha value is -1.96. The molecule has 0 saturated carbocycles. The minimum absolute atomic E-state index is 0.250. The van der Waals surface area contributed by atoms with Crippen LogP contribution in [0, 0.1) is 0 Å². The highest BCUT2D eigenvalue weighted by atomic mass is 19.4. The van der Waals surface area contributed by atoms with Gasteiger partial charge in [-0.05, 0) is 63.2 Å². The molecule has 0 spiro atoms. The molecule has 2 rings (SSSR count). The van der Waals surface area contributed by atoms with Crippen LogP contribution in [-0.2, 0) is 0 Å². The van der Waals surface area contributed by atoms with Crippen LogP contribution in [0.1, 0.15) is 32.1 Å². The van der Waals surface area contributed by atoms with Gasteiger partial charge >= 0.3 is 6.36 Å². The zero-order valence-corrected chi connectivity index (χ0v) is 14.2. The molecule has 1 fully saturated rings. The lowest BCUT2D eigenvalue weighted by Gasteiger charge is -2.18. The van der Waals surface area contributed by atoms with E-state index in [2.05, 4.69) is 19.9 Å². The molecule has 0 atom stereocenters. The number of hydrogen-bond donors (Lipinski definition) is 2. The second-order valence-electron chi connectivity index (χ2n) is 6.07. The van der Waals surface area contributed by atoms with Crippen molar-refractivity contribution in [2.24, 2.45) is 10.7 Å². The van der Waals surface area contributed by atoms with Crippen LogP contribution in [0.4, 0.5) is 18.9 Å².